The number of halogens is 2. The number of nitrogens with zero attached hydrogens (tertiary/aromatic N) is 3. The van der Waals surface area contributed by atoms with Crippen molar-refractivity contribution in [1.29, 1.82) is 0 Å². The minimum absolute atomic E-state index is 0.235. The van der Waals surface area contributed by atoms with Crippen LogP contribution in [0.4, 0.5) is 5.82 Å². The first-order valence-electron chi connectivity index (χ1n) is 8.97. The average Bonchev–Trinajstić information content (AvgIpc) is 3.20. The standard InChI is InChI=1S/C20H20Cl2N4O/c21-16-5-3-14(8-17(16)22)18-10-24-20(25-18)15-4-6-19(23-9-15)26-7-1-2-13(11-26)12-27/h3-6,8-10,13,27H,1-2,7,11-12H2,(H,24,25). The van der Waals surface area contributed by atoms with Gasteiger partial charge in [0.05, 0.1) is 15.7 Å². The fraction of sp³-hybridized carbons (Fsp3) is 0.300. The van der Waals surface area contributed by atoms with Crippen molar-refractivity contribution in [3.63, 3.8) is 0 Å². The van der Waals surface area contributed by atoms with Gasteiger partial charge in [-0.2, -0.15) is 0 Å². The Hall–Kier alpha value is -2.08. The molecule has 1 saturated heterocycles. The highest BCUT2D eigenvalue weighted by molar-refractivity contribution is 6.42. The van der Waals surface area contributed by atoms with Gasteiger partial charge in [0.15, 0.2) is 0 Å². The number of H-pyrrole nitrogens is 1. The van der Waals surface area contributed by atoms with Gasteiger partial charge in [-0.3, -0.25) is 0 Å². The maximum absolute atomic E-state index is 9.40. The molecule has 1 fully saturated rings. The maximum Gasteiger partial charge on any atom is 0.139 e. The quantitative estimate of drug-likeness (QED) is 0.666. The van der Waals surface area contributed by atoms with Crippen molar-refractivity contribution in [3.8, 4) is 22.6 Å². The molecular formula is C20H20Cl2N4O. The Morgan fingerprint density at radius 3 is 2.74 bits per heavy atom. The normalized spacial score (nSPS) is 17.3. The number of rotatable bonds is 4. The van der Waals surface area contributed by atoms with E-state index in [2.05, 4.69) is 19.9 Å². The number of anilines is 1. The fourth-order valence-electron chi connectivity index (χ4n) is 3.41. The molecule has 4 rings (SSSR count). The second-order valence-electron chi connectivity index (χ2n) is 6.81. The van der Waals surface area contributed by atoms with Crippen molar-refractivity contribution in [2.45, 2.75) is 12.8 Å². The molecular weight excluding hydrogens is 383 g/mol. The summed E-state index contributed by atoms with van der Waals surface area (Å²) in [7, 11) is 0. The number of aliphatic hydroxyl groups is 1. The zero-order valence-electron chi connectivity index (χ0n) is 14.7. The van der Waals surface area contributed by atoms with E-state index in [0.717, 1.165) is 54.4 Å². The van der Waals surface area contributed by atoms with Crippen molar-refractivity contribution in [3.05, 3.63) is 52.8 Å². The molecule has 1 atom stereocenters. The number of hydrogen-bond acceptors (Lipinski definition) is 4. The Kier molecular flexibility index (Phi) is 5.34. The molecule has 5 nitrogen and oxygen atoms in total. The van der Waals surface area contributed by atoms with Crippen molar-refractivity contribution >= 4 is 29.0 Å². The van der Waals surface area contributed by atoms with Gasteiger partial charge in [-0.25, -0.2) is 9.97 Å². The van der Waals surface area contributed by atoms with Gasteiger partial charge in [0, 0.05) is 43.2 Å². The molecule has 1 aromatic carbocycles. The maximum atomic E-state index is 9.40. The number of hydrogen-bond donors (Lipinski definition) is 2. The summed E-state index contributed by atoms with van der Waals surface area (Å²) in [6.45, 7) is 2.06. The summed E-state index contributed by atoms with van der Waals surface area (Å²) in [4.78, 5) is 14.7. The van der Waals surface area contributed by atoms with Crippen LogP contribution in [0.5, 0.6) is 0 Å². The van der Waals surface area contributed by atoms with E-state index in [4.69, 9.17) is 23.2 Å². The number of piperidine rings is 1. The lowest BCUT2D eigenvalue weighted by molar-refractivity contribution is 0.208. The van der Waals surface area contributed by atoms with E-state index in [1.807, 2.05) is 30.6 Å². The van der Waals surface area contributed by atoms with Gasteiger partial charge < -0.3 is 15.0 Å². The first-order chi connectivity index (χ1) is 13.1. The summed E-state index contributed by atoms with van der Waals surface area (Å²) in [6.07, 6.45) is 5.84. The third-order valence-electron chi connectivity index (χ3n) is 4.92. The summed E-state index contributed by atoms with van der Waals surface area (Å²) in [5.41, 5.74) is 2.62. The van der Waals surface area contributed by atoms with Crippen molar-refractivity contribution in [2.24, 2.45) is 5.92 Å². The molecule has 0 spiro atoms. The Balaban J connectivity index is 1.52. The van der Waals surface area contributed by atoms with Gasteiger partial charge in [-0.1, -0.05) is 29.3 Å². The third kappa shape index (κ3) is 3.95. The largest absolute Gasteiger partial charge is 0.396 e. The Morgan fingerprint density at radius 1 is 1.15 bits per heavy atom. The van der Waals surface area contributed by atoms with Crippen LogP contribution in [0.15, 0.2) is 42.7 Å². The summed E-state index contributed by atoms with van der Waals surface area (Å²) < 4.78 is 0. The minimum atomic E-state index is 0.235. The summed E-state index contributed by atoms with van der Waals surface area (Å²) in [6, 6.07) is 9.49. The molecule has 2 N–H and O–H groups in total. The third-order valence-corrected chi connectivity index (χ3v) is 5.65. The number of aromatic amines is 1. The molecule has 0 saturated carbocycles. The van der Waals surface area contributed by atoms with Crippen LogP contribution in [0.3, 0.4) is 0 Å². The number of aliphatic hydroxyl groups excluding tert-OH is 1. The van der Waals surface area contributed by atoms with E-state index in [-0.39, 0.29) is 6.61 Å². The van der Waals surface area contributed by atoms with Crippen LogP contribution in [0.1, 0.15) is 12.8 Å². The molecule has 27 heavy (non-hydrogen) atoms. The van der Waals surface area contributed by atoms with Crippen LogP contribution in [0.25, 0.3) is 22.6 Å². The average molecular weight is 403 g/mol. The van der Waals surface area contributed by atoms with Gasteiger partial charge >= 0.3 is 0 Å². The molecule has 2 aromatic heterocycles. The minimum Gasteiger partial charge on any atom is -0.396 e. The van der Waals surface area contributed by atoms with Gasteiger partial charge in [-0.05, 0) is 43.0 Å². The van der Waals surface area contributed by atoms with Crippen LogP contribution in [0.2, 0.25) is 10.0 Å². The monoisotopic (exact) mass is 402 g/mol. The van der Waals surface area contributed by atoms with E-state index in [1.165, 1.54) is 0 Å². The zero-order valence-corrected chi connectivity index (χ0v) is 16.2. The summed E-state index contributed by atoms with van der Waals surface area (Å²) >= 11 is 12.1. The second-order valence-corrected chi connectivity index (χ2v) is 7.62. The SMILES string of the molecule is OCC1CCCN(c2ccc(-c3nc(-c4ccc(Cl)c(Cl)c4)c[nH]3)cn2)C1. The Bertz CT molecular complexity index is 926. The summed E-state index contributed by atoms with van der Waals surface area (Å²) in [5, 5.41) is 10.4. The van der Waals surface area contributed by atoms with Gasteiger partial charge in [0.2, 0.25) is 0 Å². The number of benzene rings is 1. The van der Waals surface area contributed by atoms with E-state index in [9.17, 15) is 5.11 Å². The number of pyridine rings is 1. The van der Waals surface area contributed by atoms with E-state index >= 15 is 0 Å². The molecule has 0 aliphatic carbocycles. The van der Waals surface area contributed by atoms with Crippen molar-refractivity contribution < 1.29 is 5.11 Å². The molecule has 0 amide bonds. The topological polar surface area (TPSA) is 65.0 Å². The van der Waals surface area contributed by atoms with Crippen LogP contribution in [0, 0.1) is 5.92 Å². The Labute approximate surface area is 168 Å². The molecule has 1 aliphatic rings. The predicted molar refractivity (Wildman–Crippen MR) is 109 cm³/mol. The smallest absolute Gasteiger partial charge is 0.139 e. The molecule has 3 heterocycles. The van der Waals surface area contributed by atoms with E-state index in [1.54, 1.807) is 12.1 Å². The van der Waals surface area contributed by atoms with E-state index in [0.29, 0.717) is 16.0 Å². The fourth-order valence-corrected chi connectivity index (χ4v) is 3.71. The molecule has 7 heteroatoms. The first-order valence-corrected chi connectivity index (χ1v) is 9.72. The van der Waals surface area contributed by atoms with Crippen LogP contribution in [-0.2, 0) is 0 Å². The number of nitrogens with one attached hydrogen (secondary N) is 1. The van der Waals surface area contributed by atoms with Crippen LogP contribution in [-0.4, -0.2) is 39.8 Å². The number of aromatic nitrogens is 3. The lowest BCUT2D eigenvalue weighted by Crippen LogP contribution is -2.37. The highest BCUT2D eigenvalue weighted by Crippen LogP contribution is 2.29. The van der Waals surface area contributed by atoms with Gasteiger partial charge in [0.25, 0.3) is 0 Å². The summed E-state index contributed by atoms with van der Waals surface area (Å²) in [5.74, 6) is 2.02. The lowest BCUT2D eigenvalue weighted by atomic mass is 9.99. The predicted octanol–water partition coefficient (Wildman–Crippen LogP) is 4.65. The van der Waals surface area contributed by atoms with E-state index < -0.39 is 0 Å². The number of imidazole rings is 1. The molecule has 3 aromatic rings. The highest BCUT2D eigenvalue weighted by atomic mass is 35.5. The molecule has 0 radical (unpaired) electrons. The molecule has 140 valence electrons. The molecule has 1 aliphatic heterocycles. The zero-order chi connectivity index (χ0) is 18.8. The van der Waals surface area contributed by atoms with Gasteiger partial charge in [-0.15, -0.1) is 0 Å². The lowest BCUT2D eigenvalue weighted by Gasteiger charge is -2.32. The highest BCUT2D eigenvalue weighted by Gasteiger charge is 2.20. The Morgan fingerprint density at radius 2 is 2.00 bits per heavy atom. The van der Waals surface area contributed by atoms with Crippen molar-refractivity contribution in [1.82, 2.24) is 15.0 Å². The van der Waals surface area contributed by atoms with Crippen LogP contribution >= 0.6 is 23.2 Å². The van der Waals surface area contributed by atoms with Gasteiger partial charge in [0.1, 0.15) is 11.6 Å². The molecule has 1 unspecified atom stereocenters. The second kappa shape index (κ2) is 7.89. The first kappa shape index (κ1) is 18.3. The van der Waals surface area contributed by atoms with Crippen molar-refractivity contribution in [2.75, 3.05) is 24.6 Å². The van der Waals surface area contributed by atoms with Crippen LogP contribution < -0.4 is 4.90 Å². The molecule has 0 bridgehead atoms.